The van der Waals surface area contributed by atoms with E-state index in [9.17, 15) is 0 Å². The van der Waals surface area contributed by atoms with Gasteiger partial charge in [-0.25, -0.2) is 0 Å². The zero-order valence-electron chi connectivity index (χ0n) is 35.2. The molecule has 3 heterocycles. The SMILES string of the molecule is CC(C)(C)c1ccc(N2B3c4cc(C(C)(C)C)ccc4N(c4ccc(C(C)(C)C)cc4)c4cc(-c5ccccc5)cc(c43)-c3c2ccc2c3oc3ccccc32)cc1. The van der Waals surface area contributed by atoms with Crippen LogP contribution in [0.4, 0.5) is 28.4 Å². The third kappa shape index (κ3) is 5.71. The van der Waals surface area contributed by atoms with Crippen molar-refractivity contribution < 1.29 is 4.42 Å². The van der Waals surface area contributed by atoms with Crippen LogP contribution < -0.4 is 20.6 Å². The van der Waals surface area contributed by atoms with Crippen molar-refractivity contribution in [3.05, 3.63) is 162 Å². The monoisotopic (exact) mass is 754 g/mol. The van der Waals surface area contributed by atoms with Crippen molar-refractivity contribution in [2.45, 2.75) is 78.6 Å². The molecule has 0 atom stereocenters. The molecule has 1 aromatic heterocycles. The third-order valence-corrected chi connectivity index (χ3v) is 12.5. The lowest BCUT2D eigenvalue weighted by Gasteiger charge is -2.46. The molecule has 10 rings (SSSR count). The molecule has 0 spiro atoms. The van der Waals surface area contributed by atoms with Gasteiger partial charge in [-0.1, -0.05) is 147 Å². The quantitative estimate of drug-likeness (QED) is 0.168. The highest BCUT2D eigenvalue weighted by molar-refractivity contribution is 6.93. The summed E-state index contributed by atoms with van der Waals surface area (Å²) in [6, 6.07) is 54.6. The first kappa shape index (κ1) is 36.4. The summed E-state index contributed by atoms with van der Waals surface area (Å²) in [4.78, 5) is 5.13. The molecule has 4 heteroatoms. The third-order valence-electron chi connectivity index (χ3n) is 12.5. The molecular formula is C54H51BN2O. The molecule has 0 N–H and O–H groups in total. The second-order valence-electron chi connectivity index (χ2n) is 19.5. The van der Waals surface area contributed by atoms with E-state index < -0.39 is 0 Å². The molecule has 0 saturated carbocycles. The predicted octanol–water partition coefficient (Wildman–Crippen LogP) is 13.9. The van der Waals surface area contributed by atoms with Crippen molar-refractivity contribution in [2.75, 3.05) is 9.71 Å². The largest absolute Gasteiger partial charge is 0.455 e. The predicted molar refractivity (Wildman–Crippen MR) is 249 cm³/mol. The van der Waals surface area contributed by atoms with Crippen LogP contribution in [0.25, 0.3) is 44.2 Å². The molecule has 7 aromatic carbocycles. The van der Waals surface area contributed by atoms with Crippen molar-refractivity contribution >= 4 is 68.1 Å². The van der Waals surface area contributed by atoms with Gasteiger partial charge in [0.25, 0.3) is 0 Å². The molecule has 58 heavy (non-hydrogen) atoms. The van der Waals surface area contributed by atoms with Crippen LogP contribution in [-0.4, -0.2) is 6.85 Å². The highest BCUT2D eigenvalue weighted by atomic mass is 16.3. The summed E-state index contributed by atoms with van der Waals surface area (Å²) in [7, 11) is 0. The van der Waals surface area contributed by atoms with Gasteiger partial charge < -0.3 is 14.1 Å². The molecule has 2 aliphatic heterocycles. The summed E-state index contributed by atoms with van der Waals surface area (Å²) in [6.07, 6.45) is 0. The highest BCUT2D eigenvalue weighted by Crippen LogP contribution is 2.51. The summed E-state index contributed by atoms with van der Waals surface area (Å²) in [5.41, 5.74) is 19.0. The minimum Gasteiger partial charge on any atom is -0.455 e. The minimum atomic E-state index is -0.105. The van der Waals surface area contributed by atoms with Crippen molar-refractivity contribution in [1.82, 2.24) is 0 Å². The van der Waals surface area contributed by atoms with E-state index in [1.807, 2.05) is 0 Å². The second-order valence-corrected chi connectivity index (χ2v) is 19.5. The van der Waals surface area contributed by atoms with Gasteiger partial charge in [0.05, 0.1) is 0 Å². The maximum absolute atomic E-state index is 6.98. The Balaban J connectivity index is 1.36. The average molecular weight is 755 g/mol. The first-order valence-corrected chi connectivity index (χ1v) is 20.8. The Hall–Kier alpha value is -6.00. The fraction of sp³-hybridized carbons (Fsp3) is 0.222. The molecule has 0 aliphatic carbocycles. The van der Waals surface area contributed by atoms with E-state index in [2.05, 4.69) is 218 Å². The minimum absolute atomic E-state index is 0.0362. The van der Waals surface area contributed by atoms with Crippen LogP contribution in [0.5, 0.6) is 0 Å². The first-order chi connectivity index (χ1) is 27.7. The smallest absolute Gasteiger partial charge is 0.333 e. The van der Waals surface area contributed by atoms with Crippen molar-refractivity contribution in [3.63, 3.8) is 0 Å². The van der Waals surface area contributed by atoms with Gasteiger partial charge in [-0.15, -0.1) is 0 Å². The van der Waals surface area contributed by atoms with Crippen LogP contribution in [0.15, 0.2) is 150 Å². The molecule has 286 valence electrons. The topological polar surface area (TPSA) is 19.6 Å². The number of rotatable bonds is 3. The zero-order valence-corrected chi connectivity index (χ0v) is 35.2. The molecule has 0 bridgehead atoms. The van der Waals surface area contributed by atoms with E-state index in [0.29, 0.717) is 0 Å². The number of furan rings is 1. The fourth-order valence-corrected chi connectivity index (χ4v) is 9.29. The molecule has 0 unspecified atom stereocenters. The van der Waals surface area contributed by atoms with E-state index in [-0.39, 0.29) is 23.1 Å². The van der Waals surface area contributed by atoms with E-state index in [4.69, 9.17) is 4.42 Å². The Morgan fingerprint density at radius 2 is 1.05 bits per heavy atom. The highest BCUT2D eigenvalue weighted by Gasteiger charge is 2.46. The van der Waals surface area contributed by atoms with Crippen LogP contribution in [-0.2, 0) is 16.2 Å². The van der Waals surface area contributed by atoms with Crippen LogP contribution in [0.2, 0.25) is 0 Å². The van der Waals surface area contributed by atoms with Crippen molar-refractivity contribution in [1.29, 1.82) is 0 Å². The van der Waals surface area contributed by atoms with Gasteiger partial charge in [0.15, 0.2) is 0 Å². The summed E-state index contributed by atoms with van der Waals surface area (Å²) >= 11 is 0. The molecule has 8 aromatic rings. The van der Waals surface area contributed by atoms with Gasteiger partial charge in [0.2, 0.25) is 0 Å². The molecule has 0 fully saturated rings. The lowest BCUT2D eigenvalue weighted by atomic mass is 9.43. The van der Waals surface area contributed by atoms with Gasteiger partial charge in [0, 0.05) is 44.8 Å². The van der Waals surface area contributed by atoms with Gasteiger partial charge in [-0.2, -0.15) is 0 Å². The van der Waals surface area contributed by atoms with E-state index in [1.165, 1.54) is 55.7 Å². The molecule has 2 aliphatic rings. The average Bonchev–Trinajstić information content (AvgIpc) is 3.59. The summed E-state index contributed by atoms with van der Waals surface area (Å²) in [5.74, 6) is 0. The lowest BCUT2D eigenvalue weighted by molar-refractivity contribution is 0.590. The first-order valence-electron chi connectivity index (χ1n) is 20.8. The number of nitrogens with zero attached hydrogens (tertiary/aromatic N) is 2. The Morgan fingerprint density at radius 1 is 0.466 bits per heavy atom. The number of anilines is 5. The molecule has 3 nitrogen and oxygen atoms in total. The maximum Gasteiger partial charge on any atom is 0.333 e. The van der Waals surface area contributed by atoms with Crippen LogP contribution >= 0.6 is 0 Å². The van der Waals surface area contributed by atoms with E-state index in [1.54, 1.807) is 0 Å². The van der Waals surface area contributed by atoms with Gasteiger partial charge in [-0.3, -0.25) is 0 Å². The maximum atomic E-state index is 6.98. The standard InChI is InChI=1S/C54H51BN2O/c1-52(2,3)36-19-24-39(25-20-36)56-45-29-23-38(54(7,8)9)33-44(45)55-50-43(31-35(32-47(50)56)34-15-11-10-12-16-34)49-46(57(55)40-26-21-37(22-27-40)53(4,5)6)30-28-42-41-17-13-14-18-48(41)58-51(42)49/h10-33H,1-9H3. The summed E-state index contributed by atoms with van der Waals surface area (Å²) < 4.78 is 6.98. The Morgan fingerprint density at radius 3 is 1.71 bits per heavy atom. The van der Waals surface area contributed by atoms with Gasteiger partial charge >= 0.3 is 6.85 Å². The van der Waals surface area contributed by atoms with E-state index in [0.717, 1.165) is 44.6 Å². The Kier molecular flexibility index (Phi) is 7.99. The van der Waals surface area contributed by atoms with Crippen molar-refractivity contribution in [2.24, 2.45) is 0 Å². The molecule has 0 radical (unpaired) electrons. The summed E-state index contributed by atoms with van der Waals surface area (Å²) in [6.45, 7) is 20.6. The molecular weight excluding hydrogens is 703 g/mol. The molecule has 0 saturated heterocycles. The normalized spacial score (nSPS) is 13.8. The molecule has 0 amide bonds. The van der Waals surface area contributed by atoms with Crippen molar-refractivity contribution in [3.8, 4) is 22.3 Å². The van der Waals surface area contributed by atoms with Crippen LogP contribution in [0.1, 0.15) is 79.0 Å². The number of benzene rings is 7. The van der Waals surface area contributed by atoms with Crippen LogP contribution in [0, 0.1) is 0 Å². The number of hydrogen-bond donors (Lipinski definition) is 0. The summed E-state index contributed by atoms with van der Waals surface area (Å²) in [5, 5.41) is 2.27. The number of para-hydroxylation sites is 1. The van der Waals surface area contributed by atoms with E-state index >= 15 is 0 Å². The zero-order chi connectivity index (χ0) is 40.3. The van der Waals surface area contributed by atoms with Crippen LogP contribution in [0.3, 0.4) is 0 Å². The lowest BCUT2D eigenvalue weighted by Crippen LogP contribution is -2.61. The van der Waals surface area contributed by atoms with Gasteiger partial charge in [-0.05, 0) is 121 Å². The number of fused-ring (bicyclic) bond motifs is 8. The second kappa shape index (κ2) is 12.8. The van der Waals surface area contributed by atoms with Gasteiger partial charge in [0.1, 0.15) is 11.2 Å². The Labute approximate surface area is 344 Å². The number of hydrogen-bond acceptors (Lipinski definition) is 3. The Bertz CT molecular complexity index is 2880. The fourth-order valence-electron chi connectivity index (χ4n) is 9.29.